The van der Waals surface area contributed by atoms with Crippen LogP contribution < -0.4 is 19.5 Å². The Hall–Kier alpha value is -4.14. The molecule has 38 heavy (non-hydrogen) atoms. The number of methoxy groups -OCH3 is 1. The number of hydrogen-bond donors (Lipinski definition) is 1. The van der Waals surface area contributed by atoms with E-state index in [1.165, 1.54) is 12.4 Å². The summed E-state index contributed by atoms with van der Waals surface area (Å²) in [6.45, 7) is 1.31. The van der Waals surface area contributed by atoms with Gasteiger partial charge in [0, 0.05) is 24.9 Å². The first-order chi connectivity index (χ1) is 18.4. The van der Waals surface area contributed by atoms with Crippen LogP contribution in [0.1, 0.15) is 5.56 Å². The van der Waals surface area contributed by atoms with E-state index in [9.17, 15) is 4.79 Å². The van der Waals surface area contributed by atoms with Gasteiger partial charge in [0.1, 0.15) is 23.9 Å². The second kappa shape index (κ2) is 11.1. The number of hydrogen-bond acceptors (Lipinski definition) is 9. The molecule has 2 atom stereocenters. The second-order valence-corrected chi connectivity index (χ2v) is 9.27. The van der Waals surface area contributed by atoms with Crippen LogP contribution >= 0.6 is 11.6 Å². The molecular formula is C26H23ClFN5O5. The first-order valence-electron chi connectivity index (χ1n) is 11.8. The highest BCUT2D eigenvalue weighted by Gasteiger charge is 2.44. The minimum atomic E-state index is -0.784. The molecule has 3 heterocycles. The minimum absolute atomic E-state index is 0.122. The summed E-state index contributed by atoms with van der Waals surface area (Å²) in [5.41, 5.74) is 0.754. The van der Waals surface area contributed by atoms with Crippen molar-refractivity contribution in [1.82, 2.24) is 14.9 Å². The highest BCUT2D eigenvalue weighted by Crippen LogP contribution is 2.34. The van der Waals surface area contributed by atoms with Crippen molar-refractivity contribution in [2.24, 2.45) is 11.8 Å². The van der Waals surface area contributed by atoms with Gasteiger partial charge < -0.3 is 29.2 Å². The predicted molar refractivity (Wildman–Crippen MR) is 134 cm³/mol. The molecule has 2 aliphatic heterocycles. The first-order valence-corrected chi connectivity index (χ1v) is 12.2. The van der Waals surface area contributed by atoms with E-state index < -0.39 is 18.0 Å². The number of anilines is 2. The SMILES string of the molecule is COc1ccc(OC(=O)N2CC3COCC(C2)C3Oc2ncnc(Nc3ccc(C#N)cc3Cl)c2F)cc1. The summed E-state index contributed by atoms with van der Waals surface area (Å²) >= 11 is 6.20. The van der Waals surface area contributed by atoms with Crippen LogP contribution in [-0.2, 0) is 4.74 Å². The zero-order valence-electron chi connectivity index (χ0n) is 20.3. The number of nitrogens with zero attached hydrogens (tertiary/aromatic N) is 4. The average Bonchev–Trinajstić information content (AvgIpc) is 2.92. The molecule has 3 aromatic rings. The maximum Gasteiger partial charge on any atom is 0.415 e. The van der Waals surface area contributed by atoms with Crippen molar-refractivity contribution in [3.63, 3.8) is 0 Å². The third-order valence-electron chi connectivity index (χ3n) is 6.38. The Morgan fingerprint density at radius 3 is 2.53 bits per heavy atom. The third-order valence-corrected chi connectivity index (χ3v) is 6.69. The van der Waals surface area contributed by atoms with E-state index in [-0.39, 0.29) is 28.6 Å². The number of halogens is 2. The van der Waals surface area contributed by atoms with E-state index in [1.54, 1.807) is 48.4 Å². The summed E-state index contributed by atoms with van der Waals surface area (Å²) in [5, 5.41) is 12.1. The van der Waals surface area contributed by atoms with Crippen molar-refractivity contribution in [3.8, 4) is 23.4 Å². The molecular weight excluding hydrogens is 517 g/mol. The number of aromatic nitrogens is 2. The van der Waals surface area contributed by atoms with Crippen molar-refractivity contribution in [3.05, 3.63) is 65.2 Å². The molecule has 0 spiro atoms. The van der Waals surface area contributed by atoms with Crippen LogP contribution in [0.4, 0.5) is 20.7 Å². The van der Waals surface area contributed by atoms with Crippen molar-refractivity contribution in [2.75, 3.05) is 38.7 Å². The van der Waals surface area contributed by atoms with Crippen LogP contribution in [0, 0.1) is 29.0 Å². The van der Waals surface area contributed by atoms with Gasteiger partial charge in [-0.1, -0.05) is 11.6 Å². The normalized spacial score (nSPS) is 20.3. The molecule has 0 saturated carbocycles. The summed E-state index contributed by atoms with van der Waals surface area (Å²) in [7, 11) is 1.56. The van der Waals surface area contributed by atoms with Gasteiger partial charge in [-0.25, -0.2) is 9.78 Å². The first kappa shape index (κ1) is 25.5. The molecule has 0 aliphatic carbocycles. The smallest absolute Gasteiger partial charge is 0.415 e. The van der Waals surface area contributed by atoms with Gasteiger partial charge in [-0.15, -0.1) is 0 Å². The Bertz CT molecular complexity index is 1360. The number of ether oxygens (including phenoxy) is 4. The number of amides is 1. The molecule has 1 aromatic heterocycles. The topological polar surface area (TPSA) is 119 Å². The number of piperidine rings is 1. The van der Waals surface area contributed by atoms with Gasteiger partial charge in [0.2, 0.25) is 5.82 Å². The number of nitrogens with one attached hydrogen (secondary N) is 1. The molecule has 10 nitrogen and oxygen atoms in total. The summed E-state index contributed by atoms with van der Waals surface area (Å²) in [6, 6.07) is 13.3. The fourth-order valence-corrected chi connectivity index (χ4v) is 4.74. The molecule has 196 valence electrons. The fourth-order valence-electron chi connectivity index (χ4n) is 4.52. The van der Waals surface area contributed by atoms with Gasteiger partial charge in [0.15, 0.2) is 5.82 Å². The standard InChI is InChI=1S/C26H23ClFN5O5/c1-35-18-3-5-19(6-4-18)37-26(34)33-10-16-12-36-13-17(11-33)23(16)38-25-22(28)24(30-14-31-25)32-21-7-2-15(9-29)8-20(21)27/h2-8,14,16-17,23H,10-13H2,1H3,(H,30,31,32). The minimum Gasteiger partial charge on any atom is -0.497 e. The van der Waals surface area contributed by atoms with Crippen molar-refractivity contribution < 1.29 is 28.1 Å². The lowest BCUT2D eigenvalue weighted by molar-refractivity contribution is -0.108. The lowest BCUT2D eigenvalue weighted by Gasteiger charge is -2.45. The number of rotatable bonds is 6. The van der Waals surface area contributed by atoms with Gasteiger partial charge in [0.05, 0.1) is 42.7 Å². The van der Waals surface area contributed by atoms with Crippen LogP contribution in [0.2, 0.25) is 5.02 Å². The van der Waals surface area contributed by atoms with Gasteiger partial charge in [-0.3, -0.25) is 0 Å². The van der Waals surface area contributed by atoms with Crippen molar-refractivity contribution in [2.45, 2.75) is 6.10 Å². The monoisotopic (exact) mass is 539 g/mol. The van der Waals surface area contributed by atoms with Crippen LogP contribution in [0.15, 0.2) is 48.8 Å². The Morgan fingerprint density at radius 1 is 1.16 bits per heavy atom. The maximum atomic E-state index is 15.3. The number of fused-ring (bicyclic) bond motifs is 2. The zero-order valence-corrected chi connectivity index (χ0v) is 21.0. The molecule has 2 aromatic carbocycles. The van der Waals surface area contributed by atoms with Crippen LogP contribution in [0.3, 0.4) is 0 Å². The summed E-state index contributed by atoms with van der Waals surface area (Å²) in [4.78, 5) is 22.4. The highest BCUT2D eigenvalue weighted by molar-refractivity contribution is 6.33. The average molecular weight is 540 g/mol. The number of benzene rings is 2. The number of carbonyl (C=O) groups is 1. The Morgan fingerprint density at radius 2 is 1.87 bits per heavy atom. The third kappa shape index (κ3) is 5.41. The van der Waals surface area contributed by atoms with Gasteiger partial charge in [-0.05, 0) is 42.5 Å². The van der Waals surface area contributed by atoms with Crippen molar-refractivity contribution >= 4 is 29.2 Å². The Balaban J connectivity index is 1.27. The van der Waals surface area contributed by atoms with E-state index in [1.807, 2.05) is 6.07 Å². The quantitative estimate of drug-likeness (QED) is 0.485. The van der Waals surface area contributed by atoms with E-state index >= 15 is 4.39 Å². The number of nitriles is 1. The molecule has 5 rings (SSSR count). The lowest BCUT2D eigenvalue weighted by Crippen LogP contribution is -2.59. The molecule has 0 radical (unpaired) electrons. The Kier molecular flexibility index (Phi) is 7.44. The molecule has 1 amide bonds. The van der Waals surface area contributed by atoms with Gasteiger partial charge >= 0.3 is 6.09 Å². The van der Waals surface area contributed by atoms with E-state index in [4.69, 9.17) is 35.8 Å². The Labute approximate surface area is 222 Å². The fraction of sp³-hybridized carbons (Fsp3) is 0.308. The number of likely N-dealkylation sites (tertiary alicyclic amines) is 1. The summed E-state index contributed by atoms with van der Waals surface area (Å²) in [6.07, 6.45) is 0.278. The van der Waals surface area contributed by atoms with Crippen LogP contribution in [-0.4, -0.2) is 60.5 Å². The molecule has 12 heteroatoms. The van der Waals surface area contributed by atoms with Crippen LogP contribution in [0.25, 0.3) is 0 Å². The molecule has 1 N–H and O–H groups in total. The molecule has 2 fully saturated rings. The summed E-state index contributed by atoms with van der Waals surface area (Å²) in [5.74, 6) is -0.500. The number of carbonyl (C=O) groups excluding carboxylic acids is 1. The van der Waals surface area contributed by atoms with Gasteiger partial charge in [-0.2, -0.15) is 14.6 Å². The lowest BCUT2D eigenvalue weighted by atomic mass is 9.84. The summed E-state index contributed by atoms with van der Waals surface area (Å²) < 4.78 is 37.7. The molecule has 2 bridgehead atoms. The van der Waals surface area contributed by atoms with E-state index in [0.717, 1.165) is 0 Å². The maximum absolute atomic E-state index is 15.3. The van der Waals surface area contributed by atoms with E-state index in [0.29, 0.717) is 49.1 Å². The molecule has 2 aliphatic rings. The predicted octanol–water partition coefficient (Wildman–Crippen LogP) is 4.42. The zero-order chi connectivity index (χ0) is 26.6. The van der Waals surface area contributed by atoms with Crippen molar-refractivity contribution in [1.29, 1.82) is 5.26 Å². The second-order valence-electron chi connectivity index (χ2n) is 8.86. The highest BCUT2D eigenvalue weighted by atomic mass is 35.5. The van der Waals surface area contributed by atoms with Gasteiger partial charge in [0.25, 0.3) is 5.88 Å². The van der Waals surface area contributed by atoms with E-state index in [2.05, 4.69) is 15.3 Å². The molecule has 2 saturated heterocycles. The van der Waals surface area contributed by atoms with Crippen LogP contribution in [0.5, 0.6) is 17.4 Å². The molecule has 2 unspecified atom stereocenters. The largest absolute Gasteiger partial charge is 0.497 e.